The molecule has 0 spiro atoms. The molecule has 0 saturated heterocycles. The molecular formula is C15H24N6S. The van der Waals surface area contributed by atoms with Gasteiger partial charge in [-0.3, -0.25) is 9.67 Å². The zero-order valence-corrected chi connectivity index (χ0v) is 14.5. The van der Waals surface area contributed by atoms with Gasteiger partial charge in [0.1, 0.15) is 5.01 Å². The van der Waals surface area contributed by atoms with Crippen LogP contribution >= 0.6 is 11.3 Å². The van der Waals surface area contributed by atoms with Crippen molar-refractivity contribution >= 4 is 17.3 Å². The average Bonchev–Trinajstić information content (AvgIpc) is 3.04. The Morgan fingerprint density at radius 2 is 2.18 bits per heavy atom. The van der Waals surface area contributed by atoms with Crippen molar-refractivity contribution in [2.75, 3.05) is 13.6 Å². The molecule has 0 saturated carbocycles. The molecule has 2 heterocycles. The van der Waals surface area contributed by atoms with Crippen LogP contribution in [0.2, 0.25) is 0 Å². The highest BCUT2D eigenvalue weighted by atomic mass is 32.1. The summed E-state index contributed by atoms with van der Waals surface area (Å²) in [5, 5.41) is 11.9. The molecule has 0 radical (unpaired) electrons. The van der Waals surface area contributed by atoms with Gasteiger partial charge in [0.25, 0.3) is 0 Å². The zero-order chi connectivity index (χ0) is 15.9. The summed E-state index contributed by atoms with van der Waals surface area (Å²) in [5.74, 6) is 0.816. The molecule has 2 N–H and O–H groups in total. The van der Waals surface area contributed by atoms with E-state index in [1.807, 2.05) is 24.9 Å². The minimum atomic E-state index is 0.710. The van der Waals surface area contributed by atoms with Gasteiger partial charge in [0.05, 0.1) is 18.4 Å². The van der Waals surface area contributed by atoms with Crippen LogP contribution in [0.3, 0.4) is 0 Å². The summed E-state index contributed by atoms with van der Waals surface area (Å²) in [6.45, 7) is 5.73. The van der Waals surface area contributed by atoms with Crippen molar-refractivity contribution in [3.8, 4) is 0 Å². The number of nitrogens with zero attached hydrogens (tertiary/aromatic N) is 4. The first-order valence-electron chi connectivity index (χ1n) is 7.43. The van der Waals surface area contributed by atoms with E-state index in [-0.39, 0.29) is 0 Å². The molecule has 0 unspecified atom stereocenters. The van der Waals surface area contributed by atoms with E-state index in [9.17, 15) is 0 Å². The first-order valence-corrected chi connectivity index (χ1v) is 8.25. The third kappa shape index (κ3) is 4.84. The average molecular weight is 320 g/mol. The van der Waals surface area contributed by atoms with E-state index in [1.54, 1.807) is 18.4 Å². The van der Waals surface area contributed by atoms with E-state index in [4.69, 9.17) is 0 Å². The molecule has 120 valence electrons. The fourth-order valence-electron chi connectivity index (χ4n) is 2.10. The number of guanidine groups is 1. The van der Waals surface area contributed by atoms with Gasteiger partial charge in [-0.2, -0.15) is 5.10 Å². The Hall–Kier alpha value is -1.89. The minimum Gasteiger partial charge on any atom is -0.356 e. The molecule has 0 amide bonds. The molecule has 7 heteroatoms. The zero-order valence-electron chi connectivity index (χ0n) is 13.7. The smallest absolute Gasteiger partial charge is 0.191 e. The summed E-state index contributed by atoms with van der Waals surface area (Å²) in [4.78, 5) is 10.0. The highest BCUT2D eigenvalue weighted by Gasteiger charge is 2.04. The van der Waals surface area contributed by atoms with Crippen LogP contribution in [0, 0.1) is 13.8 Å². The Bertz CT molecular complexity index is 608. The van der Waals surface area contributed by atoms with E-state index in [1.165, 1.54) is 10.4 Å². The van der Waals surface area contributed by atoms with E-state index in [0.717, 1.165) is 36.0 Å². The normalized spacial score (nSPS) is 11.7. The van der Waals surface area contributed by atoms with Crippen molar-refractivity contribution in [1.82, 2.24) is 25.4 Å². The number of hydrogen-bond donors (Lipinski definition) is 2. The maximum absolute atomic E-state index is 4.52. The predicted molar refractivity (Wildman–Crippen MR) is 91.3 cm³/mol. The predicted octanol–water partition coefficient (Wildman–Crippen LogP) is 1.79. The van der Waals surface area contributed by atoms with Crippen LogP contribution in [0.15, 0.2) is 17.4 Å². The van der Waals surface area contributed by atoms with Crippen LogP contribution in [0.1, 0.15) is 27.6 Å². The van der Waals surface area contributed by atoms with Crippen molar-refractivity contribution in [2.45, 2.75) is 33.2 Å². The van der Waals surface area contributed by atoms with E-state index < -0.39 is 0 Å². The van der Waals surface area contributed by atoms with Crippen LogP contribution in [-0.4, -0.2) is 34.3 Å². The van der Waals surface area contributed by atoms with Crippen molar-refractivity contribution in [3.63, 3.8) is 0 Å². The lowest BCUT2D eigenvalue weighted by Crippen LogP contribution is -2.37. The Balaban J connectivity index is 1.69. The third-order valence-electron chi connectivity index (χ3n) is 3.40. The van der Waals surface area contributed by atoms with Crippen LogP contribution in [0.4, 0.5) is 0 Å². The standard InChI is InChI=1S/C15H24N6S/c1-11-12(2)22-14(20-11)9-18-15(16-3)17-7-5-6-13-8-19-21(4)10-13/h8,10H,5-7,9H2,1-4H3,(H2,16,17,18). The Kier molecular flexibility index (Phi) is 5.94. The lowest BCUT2D eigenvalue weighted by atomic mass is 10.2. The lowest BCUT2D eigenvalue weighted by molar-refractivity contribution is 0.738. The molecule has 0 fully saturated rings. The Morgan fingerprint density at radius 1 is 1.36 bits per heavy atom. The highest BCUT2D eigenvalue weighted by molar-refractivity contribution is 7.11. The second-order valence-corrected chi connectivity index (χ2v) is 6.52. The van der Waals surface area contributed by atoms with Gasteiger partial charge >= 0.3 is 0 Å². The number of thiazole rings is 1. The summed E-state index contributed by atoms with van der Waals surface area (Å²) in [6, 6.07) is 0. The van der Waals surface area contributed by atoms with Gasteiger partial charge < -0.3 is 10.6 Å². The number of rotatable bonds is 6. The molecular weight excluding hydrogens is 296 g/mol. The maximum atomic E-state index is 4.52. The second kappa shape index (κ2) is 7.93. The molecule has 2 aromatic heterocycles. The van der Waals surface area contributed by atoms with Gasteiger partial charge in [0.15, 0.2) is 5.96 Å². The summed E-state index contributed by atoms with van der Waals surface area (Å²) < 4.78 is 1.83. The van der Waals surface area contributed by atoms with Crippen molar-refractivity contribution in [3.05, 3.63) is 33.5 Å². The Labute approximate surface area is 135 Å². The number of aliphatic imine (C=N–C) groups is 1. The largest absolute Gasteiger partial charge is 0.356 e. The van der Waals surface area contributed by atoms with Gasteiger partial charge in [-0.1, -0.05) is 0 Å². The molecule has 0 bridgehead atoms. The molecule has 22 heavy (non-hydrogen) atoms. The lowest BCUT2D eigenvalue weighted by Gasteiger charge is -2.10. The van der Waals surface area contributed by atoms with E-state index >= 15 is 0 Å². The number of hydrogen-bond acceptors (Lipinski definition) is 4. The van der Waals surface area contributed by atoms with Crippen LogP contribution in [0.5, 0.6) is 0 Å². The van der Waals surface area contributed by atoms with Gasteiger partial charge in [-0.25, -0.2) is 4.98 Å². The highest BCUT2D eigenvalue weighted by Crippen LogP contribution is 2.15. The number of nitrogens with one attached hydrogen (secondary N) is 2. The molecule has 0 aliphatic heterocycles. The second-order valence-electron chi connectivity index (χ2n) is 5.23. The summed E-state index contributed by atoms with van der Waals surface area (Å²) in [7, 11) is 3.73. The molecule has 2 aromatic rings. The topological polar surface area (TPSA) is 67.1 Å². The molecule has 0 aliphatic rings. The van der Waals surface area contributed by atoms with Gasteiger partial charge in [-0.15, -0.1) is 11.3 Å². The third-order valence-corrected chi connectivity index (χ3v) is 4.47. The molecule has 6 nitrogen and oxygen atoms in total. The fourth-order valence-corrected chi connectivity index (χ4v) is 2.97. The van der Waals surface area contributed by atoms with Crippen molar-refractivity contribution in [1.29, 1.82) is 0 Å². The monoisotopic (exact) mass is 320 g/mol. The number of aryl methyl sites for hydroxylation is 4. The molecule has 2 rings (SSSR count). The summed E-state index contributed by atoms with van der Waals surface area (Å²) >= 11 is 1.73. The SMILES string of the molecule is CN=C(NCCCc1cnn(C)c1)NCc1nc(C)c(C)s1. The van der Waals surface area contributed by atoms with E-state index in [0.29, 0.717) is 6.54 Å². The van der Waals surface area contributed by atoms with Gasteiger partial charge in [-0.05, 0) is 32.3 Å². The van der Waals surface area contributed by atoms with Crippen LogP contribution in [0.25, 0.3) is 0 Å². The maximum Gasteiger partial charge on any atom is 0.191 e. The van der Waals surface area contributed by atoms with Crippen LogP contribution < -0.4 is 10.6 Å². The van der Waals surface area contributed by atoms with E-state index in [2.05, 4.69) is 38.8 Å². The molecule has 0 atom stereocenters. The summed E-state index contributed by atoms with van der Waals surface area (Å²) in [6.07, 6.45) is 6.03. The molecule has 0 aromatic carbocycles. The minimum absolute atomic E-state index is 0.710. The Morgan fingerprint density at radius 3 is 2.77 bits per heavy atom. The van der Waals surface area contributed by atoms with Gasteiger partial charge in [0.2, 0.25) is 0 Å². The first-order chi connectivity index (χ1) is 10.6. The molecule has 0 aliphatic carbocycles. The van der Waals surface area contributed by atoms with Crippen molar-refractivity contribution in [2.24, 2.45) is 12.0 Å². The fraction of sp³-hybridized carbons (Fsp3) is 0.533. The quantitative estimate of drug-likeness (QED) is 0.484. The van der Waals surface area contributed by atoms with Crippen LogP contribution in [-0.2, 0) is 20.0 Å². The number of aromatic nitrogens is 3. The summed E-state index contributed by atoms with van der Waals surface area (Å²) in [5.41, 5.74) is 2.38. The van der Waals surface area contributed by atoms with Crippen molar-refractivity contribution < 1.29 is 0 Å². The van der Waals surface area contributed by atoms with Gasteiger partial charge in [0, 0.05) is 31.7 Å². The first kappa shape index (κ1) is 16.5.